The SMILES string of the molecule is Cc1cc(N(C)c2cccc(C#N)c2)ccc1C=O. The van der Waals surface area contributed by atoms with E-state index in [0.29, 0.717) is 11.1 Å². The Morgan fingerprint density at radius 2 is 1.89 bits per heavy atom. The summed E-state index contributed by atoms with van der Waals surface area (Å²) in [7, 11) is 1.94. The van der Waals surface area contributed by atoms with Crippen LogP contribution in [0.15, 0.2) is 42.5 Å². The van der Waals surface area contributed by atoms with Crippen LogP contribution in [0.3, 0.4) is 0 Å². The van der Waals surface area contributed by atoms with Crippen LogP contribution in [0.25, 0.3) is 0 Å². The molecular formula is C16H14N2O. The van der Waals surface area contributed by atoms with Crippen molar-refractivity contribution in [1.82, 2.24) is 0 Å². The van der Waals surface area contributed by atoms with Crippen molar-refractivity contribution in [3.8, 4) is 6.07 Å². The highest BCUT2D eigenvalue weighted by Gasteiger charge is 2.06. The molecule has 0 heterocycles. The number of benzene rings is 2. The molecule has 0 aliphatic heterocycles. The van der Waals surface area contributed by atoms with E-state index in [-0.39, 0.29) is 0 Å². The average molecular weight is 250 g/mol. The lowest BCUT2D eigenvalue weighted by molar-refractivity contribution is 0.112. The van der Waals surface area contributed by atoms with Crippen LogP contribution in [-0.4, -0.2) is 13.3 Å². The number of hydrogen-bond acceptors (Lipinski definition) is 3. The van der Waals surface area contributed by atoms with Gasteiger partial charge in [0.15, 0.2) is 0 Å². The highest BCUT2D eigenvalue weighted by atomic mass is 16.1. The molecule has 0 saturated carbocycles. The first-order valence-electron chi connectivity index (χ1n) is 5.95. The molecule has 2 rings (SSSR count). The summed E-state index contributed by atoms with van der Waals surface area (Å²) in [5, 5.41) is 8.92. The van der Waals surface area contributed by atoms with Crippen LogP contribution in [0.2, 0.25) is 0 Å². The zero-order chi connectivity index (χ0) is 13.8. The van der Waals surface area contributed by atoms with Gasteiger partial charge >= 0.3 is 0 Å². The molecule has 0 saturated heterocycles. The first kappa shape index (κ1) is 12.8. The molecule has 94 valence electrons. The number of nitriles is 1. The number of carbonyl (C=O) groups excluding carboxylic acids is 1. The van der Waals surface area contributed by atoms with Crippen LogP contribution in [0, 0.1) is 18.3 Å². The lowest BCUT2D eigenvalue weighted by Gasteiger charge is -2.20. The van der Waals surface area contributed by atoms with Gasteiger partial charge in [-0.15, -0.1) is 0 Å². The number of carbonyl (C=O) groups is 1. The van der Waals surface area contributed by atoms with E-state index in [0.717, 1.165) is 23.2 Å². The Morgan fingerprint density at radius 3 is 2.53 bits per heavy atom. The summed E-state index contributed by atoms with van der Waals surface area (Å²) in [4.78, 5) is 12.8. The number of aldehydes is 1. The second-order valence-electron chi connectivity index (χ2n) is 4.38. The molecule has 19 heavy (non-hydrogen) atoms. The molecule has 0 radical (unpaired) electrons. The number of nitrogens with zero attached hydrogens (tertiary/aromatic N) is 2. The monoisotopic (exact) mass is 250 g/mol. The molecule has 0 aromatic heterocycles. The van der Waals surface area contributed by atoms with Gasteiger partial charge in [0.25, 0.3) is 0 Å². The fraction of sp³-hybridized carbons (Fsp3) is 0.125. The molecule has 0 bridgehead atoms. The molecule has 0 N–H and O–H groups in total. The molecule has 0 spiro atoms. The van der Waals surface area contributed by atoms with E-state index in [9.17, 15) is 4.79 Å². The fourth-order valence-electron chi connectivity index (χ4n) is 1.93. The van der Waals surface area contributed by atoms with E-state index < -0.39 is 0 Å². The molecule has 0 atom stereocenters. The summed E-state index contributed by atoms with van der Waals surface area (Å²) in [6, 6.07) is 15.2. The standard InChI is InChI=1S/C16H14N2O/c1-12-8-16(7-6-14(12)11-19)18(2)15-5-3-4-13(9-15)10-17/h3-9,11H,1-2H3. The van der Waals surface area contributed by atoms with Crippen molar-refractivity contribution < 1.29 is 4.79 Å². The minimum absolute atomic E-state index is 0.630. The van der Waals surface area contributed by atoms with Crippen LogP contribution in [0.4, 0.5) is 11.4 Å². The minimum Gasteiger partial charge on any atom is -0.345 e. The first-order valence-corrected chi connectivity index (χ1v) is 5.95. The van der Waals surface area contributed by atoms with Crippen molar-refractivity contribution in [2.75, 3.05) is 11.9 Å². The molecular weight excluding hydrogens is 236 g/mol. The minimum atomic E-state index is 0.630. The molecule has 0 amide bonds. The van der Waals surface area contributed by atoms with Gasteiger partial charge in [0.2, 0.25) is 0 Å². The fourth-order valence-corrected chi connectivity index (χ4v) is 1.93. The molecule has 0 aliphatic carbocycles. The molecule has 0 unspecified atom stereocenters. The van der Waals surface area contributed by atoms with Gasteiger partial charge in [0.05, 0.1) is 11.6 Å². The van der Waals surface area contributed by atoms with Crippen LogP contribution >= 0.6 is 0 Å². The quantitative estimate of drug-likeness (QED) is 0.784. The third-order valence-electron chi connectivity index (χ3n) is 3.13. The van der Waals surface area contributed by atoms with E-state index in [2.05, 4.69) is 6.07 Å². The summed E-state index contributed by atoms with van der Waals surface area (Å²) in [6.07, 6.45) is 0.857. The highest BCUT2D eigenvalue weighted by Crippen LogP contribution is 2.25. The molecule has 0 fully saturated rings. The Balaban J connectivity index is 2.38. The molecule has 3 heteroatoms. The van der Waals surface area contributed by atoms with Crippen molar-refractivity contribution in [3.63, 3.8) is 0 Å². The van der Waals surface area contributed by atoms with Gasteiger partial charge in [-0.25, -0.2) is 0 Å². The van der Waals surface area contributed by atoms with Gasteiger partial charge in [0, 0.05) is 24.0 Å². The first-order chi connectivity index (χ1) is 9.15. The predicted octanol–water partition coefficient (Wildman–Crippen LogP) is 3.45. The normalized spacial score (nSPS) is 9.74. The van der Waals surface area contributed by atoms with Gasteiger partial charge in [-0.2, -0.15) is 5.26 Å². The summed E-state index contributed by atoms with van der Waals surface area (Å²) in [5.74, 6) is 0. The van der Waals surface area contributed by atoms with E-state index in [1.807, 2.05) is 55.3 Å². The predicted molar refractivity (Wildman–Crippen MR) is 75.8 cm³/mol. The van der Waals surface area contributed by atoms with Crippen molar-refractivity contribution in [1.29, 1.82) is 5.26 Å². The van der Waals surface area contributed by atoms with Crippen molar-refractivity contribution in [3.05, 3.63) is 59.2 Å². The Kier molecular flexibility index (Phi) is 3.63. The van der Waals surface area contributed by atoms with Gasteiger partial charge < -0.3 is 4.90 Å². The zero-order valence-corrected chi connectivity index (χ0v) is 10.9. The van der Waals surface area contributed by atoms with E-state index in [1.165, 1.54) is 0 Å². The Hall–Kier alpha value is -2.60. The maximum absolute atomic E-state index is 10.8. The zero-order valence-electron chi connectivity index (χ0n) is 10.9. The number of anilines is 2. The largest absolute Gasteiger partial charge is 0.345 e. The Labute approximate surface area is 112 Å². The second kappa shape index (κ2) is 5.36. The topological polar surface area (TPSA) is 44.1 Å². The lowest BCUT2D eigenvalue weighted by atomic mass is 10.1. The maximum atomic E-state index is 10.8. The van der Waals surface area contributed by atoms with Gasteiger partial charge in [0.1, 0.15) is 6.29 Å². The average Bonchev–Trinajstić information content (AvgIpc) is 2.46. The van der Waals surface area contributed by atoms with Crippen LogP contribution in [-0.2, 0) is 0 Å². The summed E-state index contributed by atoms with van der Waals surface area (Å²) >= 11 is 0. The van der Waals surface area contributed by atoms with Gasteiger partial charge in [-0.3, -0.25) is 4.79 Å². The van der Waals surface area contributed by atoms with E-state index in [4.69, 9.17) is 5.26 Å². The molecule has 2 aromatic carbocycles. The van der Waals surface area contributed by atoms with Gasteiger partial charge in [-0.05, 0) is 48.9 Å². The number of aryl methyl sites for hydroxylation is 1. The smallest absolute Gasteiger partial charge is 0.150 e. The Morgan fingerprint density at radius 1 is 1.16 bits per heavy atom. The van der Waals surface area contributed by atoms with Crippen molar-refractivity contribution >= 4 is 17.7 Å². The summed E-state index contributed by atoms with van der Waals surface area (Å²) < 4.78 is 0. The van der Waals surface area contributed by atoms with E-state index in [1.54, 1.807) is 6.07 Å². The summed E-state index contributed by atoms with van der Waals surface area (Å²) in [5.41, 5.74) is 4.19. The van der Waals surface area contributed by atoms with Crippen LogP contribution in [0.5, 0.6) is 0 Å². The van der Waals surface area contributed by atoms with Gasteiger partial charge in [-0.1, -0.05) is 6.07 Å². The van der Waals surface area contributed by atoms with Crippen LogP contribution < -0.4 is 4.90 Å². The third-order valence-corrected chi connectivity index (χ3v) is 3.13. The molecule has 3 nitrogen and oxygen atoms in total. The number of rotatable bonds is 3. The third kappa shape index (κ3) is 2.63. The summed E-state index contributed by atoms with van der Waals surface area (Å²) in [6.45, 7) is 1.91. The van der Waals surface area contributed by atoms with E-state index >= 15 is 0 Å². The number of hydrogen-bond donors (Lipinski definition) is 0. The lowest BCUT2D eigenvalue weighted by Crippen LogP contribution is -2.10. The molecule has 0 aliphatic rings. The second-order valence-corrected chi connectivity index (χ2v) is 4.38. The Bertz CT molecular complexity index is 656. The van der Waals surface area contributed by atoms with Crippen molar-refractivity contribution in [2.45, 2.75) is 6.92 Å². The highest BCUT2D eigenvalue weighted by molar-refractivity contribution is 5.79. The van der Waals surface area contributed by atoms with Crippen molar-refractivity contribution in [2.24, 2.45) is 0 Å². The maximum Gasteiger partial charge on any atom is 0.150 e. The van der Waals surface area contributed by atoms with Crippen LogP contribution in [0.1, 0.15) is 21.5 Å². The molecule has 2 aromatic rings.